The first-order valence-electron chi connectivity index (χ1n) is 10.3. The Labute approximate surface area is 187 Å². The van der Waals surface area contributed by atoms with E-state index in [0.717, 1.165) is 24.3 Å². The van der Waals surface area contributed by atoms with Crippen molar-refractivity contribution in [2.75, 3.05) is 31.1 Å². The monoisotopic (exact) mass is 440 g/mol. The lowest BCUT2D eigenvalue weighted by atomic mass is 10.1. The Kier molecular flexibility index (Phi) is 9.22. The molecule has 0 aliphatic carbocycles. The Morgan fingerprint density at radius 3 is 1.97 bits per heavy atom. The van der Waals surface area contributed by atoms with Gasteiger partial charge in [-0.25, -0.2) is 0 Å². The van der Waals surface area contributed by atoms with E-state index in [1.807, 2.05) is 32.9 Å². The number of esters is 1. The van der Waals surface area contributed by atoms with Gasteiger partial charge in [0.05, 0.1) is 0 Å². The molecule has 2 rings (SSSR count). The summed E-state index contributed by atoms with van der Waals surface area (Å²) in [6.07, 6.45) is 0. The van der Waals surface area contributed by atoms with E-state index in [4.69, 9.17) is 4.74 Å². The third kappa shape index (κ3) is 7.42. The molecule has 9 heteroatoms. The zero-order valence-electron chi connectivity index (χ0n) is 18.4. The molecule has 0 bridgehead atoms. The highest BCUT2D eigenvalue weighted by Crippen LogP contribution is 2.14. The fraction of sp³-hybridized carbons (Fsp3) is 0.304. The van der Waals surface area contributed by atoms with Gasteiger partial charge in [0.1, 0.15) is 6.54 Å². The average molecular weight is 441 g/mol. The van der Waals surface area contributed by atoms with Gasteiger partial charge in [-0.1, -0.05) is 17.7 Å². The summed E-state index contributed by atoms with van der Waals surface area (Å²) in [5.41, 5.74) is 7.23. The minimum atomic E-state index is -0.779. The van der Waals surface area contributed by atoms with Crippen molar-refractivity contribution < 1.29 is 23.9 Å². The SMILES string of the molecule is CCN(CC)c1ccc(C(=O)NNC(=O)COC(=O)CNC(=O)c2ccc(C)cc2)cc1. The number of rotatable bonds is 9. The molecule has 0 fully saturated rings. The summed E-state index contributed by atoms with van der Waals surface area (Å²) in [4.78, 5) is 49.8. The Morgan fingerprint density at radius 2 is 1.38 bits per heavy atom. The Morgan fingerprint density at radius 1 is 0.812 bits per heavy atom. The average Bonchev–Trinajstić information content (AvgIpc) is 2.81. The van der Waals surface area contributed by atoms with Gasteiger partial charge in [-0.05, 0) is 57.2 Å². The summed E-state index contributed by atoms with van der Waals surface area (Å²) >= 11 is 0. The van der Waals surface area contributed by atoms with E-state index in [1.54, 1.807) is 36.4 Å². The number of benzene rings is 2. The van der Waals surface area contributed by atoms with Gasteiger partial charge in [0.15, 0.2) is 6.61 Å². The number of hydrazine groups is 1. The number of hydrogen-bond donors (Lipinski definition) is 3. The van der Waals surface area contributed by atoms with Gasteiger partial charge in [0.2, 0.25) is 0 Å². The summed E-state index contributed by atoms with van der Waals surface area (Å²) in [7, 11) is 0. The zero-order valence-corrected chi connectivity index (χ0v) is 18.4. The van der Waals surface area contributed by atoms with E-state index in [2.05, 4.69) is 21.1 Å². The maximum Gasteiger partial charge on any atom is 0.325 e. The molecule has 2 aromatic rings. The molecule has 0 unspecified atom stereocenters. The zero-order chi connectivity index (χ0) is 23.5. The molecule has 0 aliphatic heterocycles. The van der Waals surface area contributed by atoms with Gasteiger partial charge < -0.3 is 15.0 Å². The minimum Gasteiger partial charge on any atom is -0.454 e. The molecule has 0 saturated heterocycles. The third-order valence-electron chi connectivity index (χ3n) is 4.64. The number of ether oxygens (including phenoxy) is 1. The van der Waals surface area contributed by atoms with Crippen LogP contribution in [0, 0.1) is 6.92 Å². The summed E-state index contributed by atoms with van der Waals surface area (Å²) in [5.74, 6) is -2.41. The van der Waals surface area contributed by atoms with Crippen LogP contribution in [-0.2, 0) is 14.3 Å². The summed E-state index contributed by atoms with van der Waals surface area (Å²) in [6, 6.07) is 13.8. The highest BCUT2D eigenvalue weighted by atomic mass is 16.5. The van der Waals surface area contributed by atoms with Crippen LogP contribution < -0.4 is 21.1 Å². The van der Waals surface area contributed by atoms with Crippen molar-refractivity contribution in [1.29, 1.82) is 0 Å². The number of nitrogens with zero attached hydrogens (tertiary/aromatic N) is 1. The van der Waals surface area contributed by atoms with Crippen LogP contribution in [0.25, 0.3) is 0 Å². The lowest BCUT2D eigenvalue weighted by Gasteiger charge is -2.21. The van der Waals surface area contributed by atoms with Gasteiger partial charge in [-0.2, -0.15) is 0 Å². The van der Waals surface area contributed by atoms with Crippen LogP contribution in [0.4, 0.5) is 5.69 Å². The molecule has 170 valence electrons. The standard InChI is InChI=1S/C23H28N4O5/c1-4-27(5-2)19-12-10-18(11-13-19)23(31)26-25-20(28)15-32-21(29)14-24-22(30)17-8-6-16(3)7-9-17/h6-13H,4-5,14-15H2,1-3H3,(H,24,30)(H,25,28)(H,26,31). The fourth-order valence-electron chi connectivity index (χ4n) is 2.80. The maximum atomic E-state index is 12.1. The van der Waals surface area contributed by atoms with E-state index in [1.165, 1.54) is 0 Å². The van der Waals surface area contributed by atoms with Crippen molar-refractivity contribution >= 4 is 29.4 Å². The third-order valence-corrected chi connectivity index (χ3v) is 4.64. The molecule has 32 heavy (non-hydrogen) atoms. The first-order valence-corrected chi connectivity index (χ1v) is 10.3. The molecule has 0 atom stereocenters. The Balaban J connectivity index is 1.70. The summed E-state index contributed by atoms with van der Waals surface area (Å²) < 4.78 is 4.79. The first-order chi connectivity index (χ1) is 15.3. The fourth-order valence-corrected chi connectivity index (χ4v) is 2.80. The molecule has 0 aliphatic rings. The smallest absolute Gasteiger partial charge is 0.325 e. The van der Waals surface area contributed by atoms with Crippen molar-refractivity contribution in [1.82, 2.24) is 16.2 Å². The number of carbonyl (C=O) groups excluding carboxylic acids is 4. The van der Waals surface area contributed by atoms with Crippen LogP contribution >= 0.6 is 0 Å². The Hall–Kier alpha value is -3.88. The first kappa shape index (κ1) is 24.4. The molecule has 0 radical (unpaired) electrons. The number of nitrogens with one attached hydrogen (secondary N) is 3. The van der Waals surface area contributed by atoms with Crippen LogP contribution in [0.5, 0.6) is 0 Å². The largest absolute Gasteiger partial charge is 0.454 e. The van der Waals surface area contributed by atoms with Gasteiger partial charge in [-0.15, -0.1) is 0 Å². The van der Waals surface area contributed by atoms with E-state index in [0.29, 0.717) is 11.1 Å². The molecule has 0 spiro atoms. The Bertz CT molecular complexity index is 938. The molecule has 3 N–H and O–H groups in total. The van der Waals surface area contributed by atoms with Crippen LogP contribution in [0.2, 0.25) is 0 Å². The van der Waals surface area contributed by atoms with Crippen molar-refractivity contribution in [3.05, 3.63) is 65.2 Å². The molecule has 0 aromatic heterocycles. The van der Waals surface area contributed by atoms with Gasteiger partial charge in [0, 0.05) is 29.9 Å². The van der Waals surface area contributed by atoms with Crippen molar-refractivity contribution in [3.63, 3.8) is 0 Å². The second-order valence-corrected chi connectivity index (χ2v) is 6.93. The molecule has 2 aromatic carbocycles. The van der Waals surface area contributed by atoms with E-state index >= 15 is 0 Å². The number of hydrogen-bond acceptors (Lipinski definition) is 6. The highest BCUT2D eigenvalue weighted by molar-refractivity contribution is 5.97. The second-order valence-electron chi connectivity index (χ2n) is 6.93. The van der Waals surface area contributed by atoms with Crippen LogP contribution in [0.1, 0.15) is 40.1 Å². The molecule has 9 nitrogen and oxygen atoms in total. The summed E-state index contributed by atoms with van der Waals surface area (Å²) in [5, 5.41) is 2.42. The van der Waals surface area contributed by atoms with Crippen molar-refractivity contribution in [2.24, 2.45) is 0 Å². The number of carbonyl (C=O) groups is 4. The van der Waals surface area contributed by atoms with E-state index < -0.39 is 30.3 Å². The summed E-state index contributed by atoms with van der Waals surface area (Å²) in [6.45, 7) is 6.72. The number of aryl methyl sites for hydroxylation is 1. The molecule has 0 saturated carbocycles. The molecule has 3 amide bonds. The van der Waals surface area contributed by atoms with Crippen LogP contribution in [-0.4, -0.2) is 49.9 Å². The maximum absolute atomic E-state index is 12.1. The minimum absolute atomic E-state index is 0.372. The van der Waals surface area contributed by atoms with Crippen LogP contribution in [0.3, 0.4) is 0 Å². The van der Waals surface area contributed by atoms with Gasteiger partial charge in [-0.3, -0.25) is 30.0 Å². The second kappa shape index (κ2) is 12.1. The highest BCUT2D eigenvalue weighted by Gasteiger charge is 2.12. The lowest BCUT2D eigenvalue weighted by Crippen LogP contribution is -2.44. The van der Waals surface area contributed by atoms with E-state index in [-0.39, 0.29) is 6.54 Å². The predicted molar refractivity (Wildman–Crippen MR) is 120 cm³/mol. The number of amides is 3. The van der Waals surface area contributed by atoms with Crippen molar-refractivity contribution in [3.8, 4) is 0 Å². The lowest BCUT2D eigenvalue weighted by molar-refractivity contribution is -0.147. The quantitative estimate of drug-likeness (QED) is 0.403. The van der Waals surface area contributed by atoms with Gasteiger partial charge >= 0.3 is 5.97 Å². The predicted octanol–water partition coefficient (Wildman–Crippen LogP) is 1.58. The van der Waals surface area contributed by atoms with E-state index in [9.17, 15) is 19.2 Å². The molecular weight excluding hydrogens is 412 g/mol. The number of anilines is 1. The normalized spacial score (nSPS) is 10.1. The van der Waals surface area contributed by atoms with Crippen LogP contribution in [0.15, 0.2) is 48.5 Å². The molecular formula is C23H28N4O5. The molecule has 0 heterocycles. The van der Waals surface area contributed by atoms with Crippen molar-refractivity contribution in [2.45, 2.75) is 20.8 Å². The van der Waals surface area contributed by atoms with Gasteiger partial charge in [0.25, 0.3) is 17.7 Å². The topological polar surface area (TPSA) is 117 Å².